The molecule has 0 unspecified atom stereocenters. The standard InChI is InChI=1S/C12H16N2O2/c1-2-8-14(9-7-13)12(15)6-5-11-4-3-10-16-11/h3-4,10H,2,5-6,8-9H2,1H3. The number of nitriles is 1. The number of nitrogens with zero attached hydrogens (tertiary/aromatic N) is 2. The summed E-state index contributed by atoms with van der Waals surface area (Å²) in [6, 6.07) is 5.66. The van der Waals surface area contributed by atoms with E-state index in [0.717, 1.165) is 12.2 Å². The van der Waals surface area contributed by atoms with Gasteiger partial charge in [-0.15, -0.1) is 0 Å². The van der Waals surface area contributed by atoms with Gasteiger partial charge < -0.3 is 9.32 Å². The minimum Gasteiger partial charge on any atom is -0.469 e. The van der Waals surface area contributed by atoms with E-state index in [1.54, 1.807) is 17.2 Å². The monoisotopic (exact) mass is 220 g/mol. The lowest BCUT2D eigenvalue weighted by Gasteiger charge is -2.18. The van der Waals surface area contributed by atoms with Crippen molar-refractivity contribution < 1.29 is 9.21 Å². The quantitative estimate of drug-likeness (QED) is 0.689. The van der Waals surface area contributed by atoms with Gasteiger partial charge in [-0.1, -0.05) is 6.92 Å². The van der Waals surface area contributed by atoms with Crippen LogP contribution in [-0.4, -0.2) is 23.9 Å². The summed E-state index contributed by atoms with van der Waals surface area (Å²) < 4.78 is 5.15. The van der Waals surface area contributed by atoms with Crippen LogP contribution in [0.15, 0.2) is 22.8 Å². The number of rotatable bonds is 6. The van der Waals surface area contributed by atoms with Gasteiger partial charge in [0.2, 0.25) is 5.91 Å². The SMILES string of the molecule is CCCN(CC#N)C(=O)CCc1ccco1. The van der Waals surface area contributed by atoms with Gasteiger partial charge in [-0.25, -0.2) is 0 Å². The fraction of sp³-hybridized carbons (Fsp3) is 0.500. The summed E-state index contributed by atoms with van der Waals surface area (Å²) in [5.74, 6) is 0.821. The van der Waals surface area contributed by atoms with Crippen LogP contribution in [-0.2, 0) is 11.2 Å². The molecule has 0 saturated heterocycles. The molecule has 0 N–H and O–H groups in total. The molecule has 0 aromatic carbocycles. The van der Waals surface area contributed by atoms with Crippen molar-refractivity contribution in [2.45, 2.75) is 26.2 Å². The van der Waals surface area contributed by atoms with Crippen molar-refractivity contribution in [2.24, 2.45) is 0 Å². The molecule has 4 nitrogen and oxygen atoms in total. The maximum atomic E-state index is 11.8. The van der Waals surface area contributed by atoms with Gasteiger partial charge in [-0.2, -0.15) is 5.26 Å². The Bertz CT molecular complexity index is 352. The summed E-state index contributed by atoms with van der Waals surface area (Å²) >= 11 is 0. The Morgan fingerprint density at radius 1 is 1.62 bits per heavy atom. The second-order valence-electron chi connectivity index (χ2n) is 3.55. The topological polar surface area (TPSA) is 57.2 Å². The molecular weight excluding hydrogens is 204 g/mol. The Balaban J connectivity index is 2.40. The zero-order valence-electron chi connectivity index (χ0n) is 9.48. The van der Waals surface area contributed by atoms with Gasteiger partial charge in [0.05, 0.1) is 12.3 Å². The van der Waals surface area contributed by atoms with Crippen LogP contribution in [0.25, 0.3) is 0 Å². The maximum absolute atomic E-state index is 11.8. The molecule has 1 aromatic heterocycles. The van der Waals surface area contributed by atoms with Gasteiger partial charge in [0.25, 0.3) is 0 Å². The van der Waals surface area contributed by atoms with E-state index in [-0.39, 0.29) is 12.5 Å². The molecule has 0 aliphatic rings. The number of aryl methyl sites for hydroxylation is 1. The predicted octanol–water partition coefficient (Wildman–Crippen LogP) is 1.97. The lowest BCUT2D eigenvalue weighted by molar-refractivity contribution is -0.130. The number of carbonyl (C=O) groups excluding carboxylic acids is 1. The van der Waals surface area contributed by atoms with Crippen molar-refractivity contribution in [2.75, 3.05) is 13.1 Å². The van der Waals surface area contributed by atoms with Crippen LogP contribution in [0.2, 0.25) is 0 Å². The van der Waals surface area contributed by atoms with E-state index in [2.05, 4.69) is 0 Å². The van der Waals surface area contributed by atoms with E-state index in [9.17, 15) is 4.79 Å². The normalized spacial score (nSPS) is 9.75. The Morgan fingerprint density at radius 2 is 2.44 bits per heavy atom. The van der Waals surface area contributed by atoms with Gasteiger partial charge in [-0.3, -0.25) is 4.79 Å². The number of hydrogen-bond acceptors (Lipinski definition) is 3. The Kier molecular flexibility index (Phi) is 5.13. The number of furan rings is 1. The molecule has 0 atom stereocenters. The zero-order chi connectivity index (χ0) is 11.8. The van der Waals surface area contributed by atoms with Crippen LogP contribution < -0.4 is 0 Å². The molecule has 1 aromatic rings. The van der Waals surface area contributed by atoms with Gasteiger partial charge in [-0.05, 0) is 18.6 Å². The Labute approximate surface area is 95.5 Å². The van der Waals surface area contributed by atoms with Crippen molar-refractivity contribution in [1.29, 1.82) is 5.26 Å². The highest BCUT2D eigenvalue weighted by Gasteiger charge is 2.12. The van der Waals surface area contributed by atoms with E-state index in [1.807, 2.05) is 19.1 Å². The summed E-state index contributed by atoms with van der Waals surface area (Å²) in [5.41, 5.74) is 0. The Hall–Kier alpha value is -1.76. The van der Waals surface area contributed by atoms with Crippen LogP contribution in [0.5, 0.6) is 0 Å². The third kappa shape index (κ3) is 3.77. The number of carbonyl (C=O) groups is 1. The second kappa shape index (κ2) is 6.67. The van der Waals surface area contributed by atoms with E-state index >= 15 is 0 Å². The Morgan fingerprint density at radius 3 is 3.00 bits per heavy atom. The molecule has 1 heterocycles. The summed E-state index contributed by atoms with van der Waals surface area (Å²) in [7, 11) is 0. The largest absolute Gasteiger partial charge is 0.469 e. The highest BCUT2D eigenvalue weighted by atomic mass is 16.3. The van der Waals surface area contributed by atoms with E-state index in [0.29, 0.717) is 19.4 Å². The lowest BCUT2D eigenvalue weighted by Crippen LogP contribution is -2.32. The molecule has 0 saturated carbocycles. The molecule has 16 heavy (non-hydrogen) atoms. The summed E-state index contributed by atoms with van der Waals surface area (Å²) in [5, 5.41) is 8.60. The molecule has 1 amide bonds. The highest BCUT2D eigenvalue weighted by molar-refractivity contribution is 5.76. The lowest BCUT2D eigenvalue weighted by atomic mass is 10.2. The summed E-state index contributed by atoms with van der Waals surface area (Å²) in [6.45, 7) is 2.81. The molecule has 0 aliphatic heterocycles. The van der Waals surface area contributed by atoms with Crippen molar-refractivity contribution in [3.8, 4) is 6.07 Å². The van der Waals surface area contributed by atoms with Crippen LogP contribution in [0, 0.1) is 11.3 Å². The first-order valence-corrected chi connectivity index (χ1v) is 5.45. The van der Waals surface area contributed by atoms with Gasteiger partial charge in [0.15, 0.2) is 0 Å². The number of hydrogen-bond donors (Lipinski definition) is 0. The first-order chi connectivity index (χ1) is 7.77. The summed E-state index contributed by atoms with van der Waals surface area (Å²) in [4.78, 5) is 13.3. The smallest absolute Gasteiger partial charge is 0.223 e. The first kappa shape index (κ1) is 12.3. The minimum atomic E-state index is 0.0137. The van der Waals surface area contributed by atoms with Gasteiger partial charge in [0.1, 0.15) is 12.3 Å². The fourth-order valence-electron chi connectivity index (χ4n) is 1.49. The molecule has 0 radical (unpaired) electrons. The number of amides is 1. The van der Waals surface area contributed by atoms with Crippen molar-refractivity contribution >= 4 is 5.91 Å². The first-order valence-electron chi connectivity index (χ1n) is 5.45. The van der Waals surface area contributed by atoms with E-state index < -0.39 is 0 Å². The third-order valence-corrected chi connectivity index (χ3v) is 2.27. The molecule has 0 bridgehead atoms. The van der Waals surface area contributed by atoms with Crippen molar-refractivity contribution in [1.82, 2.24) is 4.90 Å². The van der Waals surface area contributed by atoms with Gasteiger partial charge in [0, 0.05) is 19.4 Å². The van der Waals surface area contributed by atoms with Gasteiger partial charge >= 0.3 is 0 Å². The van der Waals surface area contributed by atoms with E-state index in [1.165, 1.54) is 0 Å². The van der Waals surface area contributed by atoms with Crippen molar-refractivity contribution in [3.05, 3.63) is 24.2 Å². The zero-order valence-corrected chi connectivity index (χ0v) is 9.48. The molecule has 4 heteroatoms. The van der Waals surface area contributed by atoms with Crippen LogP contribution in [0.4, 0.5) is 0 Å². The second-order valence-corrected chi connectivity index (χ2v) is 3.55. The van der Waals surface area contributed by atoms with Crippen LogP contribution in [0.3, 0.4) is 0 Å². The highest BCUT2D eigenvalue weighted by Crippen LogP contribution is 2.06. The van der Waals surface area contributed by atoms with Crippen molar-refractivity contribution in [3.63, 3.8) is 0 Å². The molecular formula is C12H16N2O2. The molecule has 0 spiro atoms. The predicted molar refractivity (Wildman–Crippen MR) is 59.5 cm³/mol. The average Bonchev–Trinajstić information content (AvgIpc) is 2.78. The molecule has 0 fully saturated rings. The van der Waals surface area contributed by atoms with Crippen LogP contribution >= 0.6 is 0 Å². The average molecular weight is 220 g/mol. The maximum Gasteiger partial charge on any atom is 0.223 e. The third-order valence-electron chi connectivity index (χ3n) is 2.27. The molecule has 1 rings (SSSR count). The molecule has 86 valence electrons. The fourth-order valence-corrected chi connectivity index (χ4v) is 1.49. The summed E-state index contributed by atoms with van der Waals surface area (Å²) in [6.07, 6.45) is 3.46. The molecule has 0 aliphatic carbocycles. The van der Waals surface area contributed by atoms with E-state index in [4.69, 9.17) is 9.68 Å². The van der Waals surface area contributed by atoms with Crippen LogP contribution in [0.1, 0.15) is 25.5 Å². The minimum absolute atomic E-state index is 0.0137.